The Labute approximate surface area is 218 Å². The minimum atomic E-state index is -4.74. The zero-order valence-electron chi connectivity index (χ0n) is 20.0. The van der Waals surface area contributed by atoms with Gasteiger partial charge in [-0.2, -0.15) is 23.4 Å². The summed E-state index contributed by atoms with van der Waals surface area (Å²) in [5.74, 6) is -0.917. The predicted molar refractivity (Wildman–Crippen MR) is 137 cm³/mol. The lowest BCUT2D eigenvalue weighted by Crippen LogP contribution is -2.16. The molecule has 0 aliphatic heterocycles. The lowest BCUT2D eigenvalue weighted by molar-refractivity contribution is -0.142. The molecule has 6 rings (SSSR count). The van der Waals surface area contributed by atoms with Gasteiger partial charge in [0.05, 0.1) is 12.2 Å². The van der Waals surface area contributed by atoms with Gasteiger partial charge in [0, 0.05) is 23.9 Å². The van der Waals surface area contributed by atoms with E-state index in [-0.39, 0.29) is 28.7 Å². The van der Waals surface area contributed by atoms with Gasteiger partial charge in [0.15, 0.2) is 22.9 Å². The molecule has 0 atom stereocenters. The van der Waals surface area contributed by atoms with E-state index in [0.717, 1.165) is 22.4 Å². The number of aromatic nitrogens is 5. The first kappa shape index (κ1) is 24.3. The van der Waals surface area contributed by atoms with E-state index in [0.29, 0.717) is 16.6 Å². The number of hydrogen-bond donors (Lipinski definition) is 1. The first-order chi connectivity index (χ1) is 18.7. The largest absolute Gasteiger partial charge is 0.433 e. The summed E-state index contributed by atoms with van der Waals surface area (Å²) < 4.78 is 57.3. The molecule has 3 heterocycles. The van der Waals surface area contributed by atoms with Crippen LogP contribution in [0.25, 0.3) is 27.7 Å². The van der Waals surface area contributed by atoms with Crippen LogP contribution in [-0.4, -0.2) is 30.3 Å². The highest BCUT2D eigenvalue weighted by molar-refractivity contribution is 6.03. The second kappa shape index (κ2) is 9.35. The minimum Gasteiger partial charge on any atom is -0.304 e. The van der Waals surface area contributed by atoms with Crippen LogP contribution in [0.4, 0.5) is 23.4 Å². The summed E-state index contributed by atoms with van der Waals surface area (Å²) in [5, 5.41) is 12.5. The number of nitrogens with one attached hydrogen (secondary N) is 1. The van der Waals surface area contributed by atoms with Crippen LogP contribution in [0.15, 0.2) is 91.1 Å². The van der Waals surface area contributed by atoms with Gasteiger partial charge in [0.25, 0.3) is 5.91 Å². The molecular weight excluding hydrogens is 512 g/mol. The summed E-state index contributed by atoms with van der Waals surface area (Å²) in [7, 11) is 0. The average molecular weight is 530 g/mol. The third-order valence-corrected chi connectivity index (χ3v) is 6.14. The number of alkyl halides is 3. The molecule has 3 aromatic heterocycles. The quantitative estimate of drug-likeness (QED) is 0.269. The fourth-order valence-electron chi connectivity index (χ4n) is 4.26. The number of benzene rings is 3. The predicted octanol–water partition coefficient (Wildman–Crippen LogP) is 6.20. The van der Waals surface area contributed by atoms with Gasteiger partial charge in [-0.1, -0.05) is 48.5 Å². The summed E-state index contributed by atoms with van der Waals surface area (Å²) in [6.07, 6.45) is -3.13. The summed E-state index contributed by atoms with van der Waals surface area (Å²) in [6, 6.07) is 22.3. The zero-order valence-corrected chi connectivity index (χ0v) is 20.0. The van der Waals surface area contributed by atoms with Crippen molar-refractivity contribution < 1.29 is 22.4 Å². The first-order valence-electron chi connectivity index (χ1n) is 11.8. The van der Waals surface area contributed by atoms with Gasteiger partial charge in [0.2, 0.25) is 0 Å². The van der Waals surface area contributed by atoms with Crippen molar-refractivity contribution in [3.8, 4) is 11.3 Å². The molecule has 194 valence electrons. The molecule has 0 aliphatic rings. The van der Waals surface area contributed by atoms with Gasteiger partial charge < -0.3 is 5.32 Å². The van der Waals surface area contributed by atoms with E-state index in [1.807, 2.05) is 30.3 Å². The summed E-state index contributed by atoms with van der Waals surface area (Å²) in [5.41, 5.74) is -0.0340. The minimum absolute atomic E-state index is 0.104. The van der Waals surface area contributed by atoms with Crippen LogP contribution in [0.2, 0.25) is 0 Å². The molecule has 0 fully saturated rings. The van der Waals surface area contributed by atoms with Crippen molar-refractivity contribution in [2.75, 3.05) is 5.32 Å². The van der Waals surface area contributed by atoms with Gasteiger partial charge >= 0.3 is 6.18 Å². The maximum Gasteiger partial charge on any atom is 0.433 e. The fourth-order valence-corrected chi connectivity index (χ4v) is 4.26. The standard InChI is InChI=1S/C28H18F4N6O/c29-21-9-5-17(6-10-21)16-37-12-11-25(36-37)34-27(39)23-15-26-33-22(14-24(28(30,31)32)38(26)35-23)20-8-7-18-3-1-2-4-19(18)13-20/h1-15H,16H2,(H,34,36,39). The smallest absolute Gasteiger partial charge is 0.304 e. The number of fused-ring (bicyclic) bond motifs is 2. The molecule has 0 unspecified atom stereocenters. The van der Waals surface area contributed by atoms with Gasteiger partial charge in [0.1, 0.15) is 5.82 Å². The van der Waals surface area contributed by atoms with E-state index >= 15 is 0 Å². The Kier molecular flexibility index (Phi) is 5.82. The van der Waals surface area contributed by atoms with E-state index < -0.39 is 17.8 Å². The molecule has 1 N–H and O–H groups in total. The van der Waals surface area contributed by atoms with E-state index in [1.165, 1.54) is 28.9 Å². The molecule has 0 bridgehead atoms. The number of hydrogen-bond acceptors (Lipinski definition) is 4. The number of rotatable bonds is 5. The van der Waals surface area contributed by atoms with Crippen LogP contribution < -0.4 is 5.32 Å². The molecule has 0 aliphatic carbocycles. The Morgan fingerprint density at radius 2 is 1.64 bits per heavy atom. The van der Waals surface area contributed by atoms with Crippen molar-refractivity contribution >= 4 is 28.1 Å². The number of carbonyl (C=O) groups excluding carboxylic acids is 1. The second-order valence-corrected chi connectivity index (χ2v) is 8.87. The van der Waals surface area contributed by atoms with E-state index in [4.69, 9.17) is 0 Å². The third kappa shape index (κ3) is 4.93. The molecular formula is C28H18F4N6O. The third-order valence-electron chi connectivity index (χ3n) is 6.14. The molecule has 0 saturated heterocycles. The Morgan fingerprint density at radius 3 is 2.41 bits per heavy atom. The lowest BCUT2D eigenvalue weighted by atomic mass is 10.0. The van der Waals surface area contributed by atoms with Gasteiger partial charge in [-0.25, -0.2) is 13.9 Å². The van der Waals surface area contributed by atoms with E-state index in [9.17, 15) is 22.4 Å². The van der Waals surface area contributed by atoms with Gasteiger partial charge in [-0.05, 0) is 40.6 Å². The van der Waals surface area contributed by atoms with Crippen molar-refractivity contribution in [2.45, 2.75) is 12.7 Å². The van der Waals surface area contributed by atoms with Crippen LogP contribution in [0, 0.1) is 5.82 Å². The molecule has 3 aromatic carbocycles. The summed E-state index contributed by atoms with van der Waals surface area (Å²) >= 11 is 0. The van der Waals surface area contributed by atoms with Crippen LogP contribution in [0.1, 0.15) is 21.7 Å². The topological polar surface area (TPSA) is 77.1 Å². The van der Waals surface area contributed by atoms with Crippen molar-refractivity contribution in [1.29, 1.82) is 0 Å². The fraction of sp³-hybridized carbons (Fsp3) is 0.0714. The average Bonchev–Trinajstić information content (AvgIpc) is 3.55. The molecule has 39 heavy (non-hydrogen) atoms. The first-order valence-corrected chi connectivity index (χ1v) is 11.8. The van der Waals surface area contributed by atoms with Crippen molar-refractivity contribution in [1.82, 2.24) is 24.4 Å². The highest BCUT2D eigenvalue weighted by Crippen LogP contribution is 2.33. The van der Waals surface area contributed by atoms with E-state index in [1.54, 1.807) is 30.5 Å². The number of halogens is 4. The summed E-state index contributed by atoms with van der Waals surface area (Å²) in [4.78, 5) is 17.2. The molecule has 0 radical (unpaired) electrons. The monoisotopic (exact) mass is 530 g/mol. The van der Waals surface area contributed by atoms with Gasteiger partial charge in [-0.3, -0.25) is 9.48 Å². The maximum atomic E-state index is 14.0. The molecule has 0 saturated carbocycles. The highest BCUT2D eigenvalue weighted by atomic mass is 19.4. The number of carbonyl (C=O) groups is 1. The van der Waals surface area contributed by atoms with Crippen molar-refractivity contribution in [2.24, 2.45) is 0 Å². The highest BCUT2D eigenvalue weighted by Gasteiger charge is 2.35. The van der Waals surface area contributed by atoms with E-state index in [2.05, 4.69) is 20.5 Å². The second-order valence-electron chi connectivity index (χ2n) is 8.87. The normalized spacial score (nSPS) is 11.8. The Hall–Kier alpha value is -5.06. The molecule has 6 aromatic rings. The van der Waals surface area contributed by atoms with Crippen LogP contribution in [0.3, 0.4) is 0 Å². The zero-order chi connectivity index (χ0) is 27.1. The number of anilines is 1. The van der Waals surface area contributed by atoms with Gasteiger partial charge in [-0.15, -0.1) is 0 Å². The molecule has 11 heteroatoms. The molecule has 0 spiro atoms. The molecule has 1 amide bonds. The van der Waals surface area contributed by atoms with Crippen LogP contribution in [-0.2, 0) is 12.7 Å². The molecule has 7 nitrogen and oxygen atoms in total. The van der Waals surface area contributed by atoms with Crippen molar-refractivity contribution in [3.63, 3.8) is 0 Å². The Balaban J connectivity index is 1.30. The van der Waals surface area contributed by atoms with Crippen molar-refractivity contribution in [3.05, 3.63) is 114 Å². The lowest BCUT2D eigenvalue weighted by Gasteiger charge is -2.11. The number of nitrogens with zero attached hydrogens (tertiary/aromatic N) is 5. The SMILES string of the molecule is O=C(Nc1ccn(Cc2ccc(F)cc2)n1)c1cc2nc(-c3ccc4ccccc4c3)cc(C(F)(F)F)n2n1. The summed E-state index contributed by atoms with van der Waals surface area (Å²) in [6.45, 7) is 0.334. The Morgan fingerprint density at radius 1 is 0.872 bits per heavy atom. The van der Waals surface area contributed by atoms with Crippen LogP contribution in [0.5, 0.6) is 0 Å². The van der Waals surface area contributed by atoms with Crippen LogP contribution >= 0.6 is 0 Å². The maximum absolute atomic E-state index is 14.0. The Bertz CT molecular complexity index is 1840. The number of amides is 1.